The minimum Gasteiger partial charge on any atom is -0.305 e. The molecule has 2 aromatic rings. The van der Waals surface area contributed by atoms with Crippen LogP contribution in [0.5, 0.6) is 0 Å². The van der Waals surface area contributed by atoms with Gasteiger partial charge in [0.2, 0.25) is 0 Å². The van der Waals surface area contributed by atoms with Crippen LogP contribution in [0.25, 0.3) is 0 Å². The topological polar surface area (TPSA) is 29.0 Å². The van der Waals surface area contributed by atoms with E-state index >= 15 is 0 Å². The van der Waals surface area contributed by atoms with Gasteiger partial charge in [0.15, 0.2) is 5.16 Å². The molecular weight excluding hydrogens is 346 g/mol. The van der Waals surface area contributed by atoms with Gasteiger partial charge >= 0.3 is 0 Å². The maximum atomic E-state index is 6.52. The summed E-state index contributed by atoms with van der Waals surface area (Å²) < 4.78 is 0. The lowest BCUT2D eigenvalue weighted by Gasteiger charge is -2.31. The maximum Gasteiger partial charge on any atom is 0.190 e. The molecular formula is C17H18ClN3S2. The van der Waals surface area contributed by atoms with Gasteiger partial charge < -0.3 is 4.90 Å². The van der Waals surface area contributed by atoms with Gasteiger partial charge in [-0.1, -0.05) is 53.7 Å². The number of fused-ring (bicyclic) bond motifs is 3. The Labute approximate surface area is 150 Å². The van der Waals surface area contributed by atoms with Gasteiger partial charge in [-0.3, -0.25) is 0 Å². The average Bonchev–Trinajstić information content (AvgIpc) is 2.91. The summed E-state index contributed by atoms with van der Waals surface area (Å²) in [5.74, 6) is 1.39. The third-order valence-electron chi connectivity index (χ3n) is 4.45. The van der Waals surface area contributed by atoms with Gasteiger partial charge in [-0.15, -0.1) is 11.8 Å². The van der Waals surface area contributed by atoms with E-state index < -0.39 is 0 Å². The van der Waals surface area contributed by atoms with Crippen LogP contribution in [-0.2, 0) is 5.75 Å². The predicted molar refractivity (Wildman–Crippen MR) is 97.5 cm³/mol. The molecule has 0 N–H and O–H groups in total. The molecule has 1 aromatic carbocycles. The normalized spacial score (nSPS) is 23.6. The van der Waals surface area contributed by atoms with Crippen molar-refractivity contribution in [1.82, 2.24) is 14.9 Å². The second kappa shape index (κ2) is 6.63. The average molecular weight is 364 g/mol. The monoisotopic (exact) mass is 363 g/mol. The van der Waals surface area contributed by atoms with Crippen molar-refractivity contribution in [3.05, 3.63) is 46.6 Å². The number of piperidine rings is 1. The zero-order valence-corrected chi connectivity index (χ0v) is 15.3. The first-order chi connectivity index (χ1) is 11.2. The zero-order chi connectivity index (χ0) is 15.8. The van der Waals surface area contributed by atoms with E-state index in [1.54, 1.807) is 11.8 Å². The number of hydrogen-bond donors (Lipinski definition) is 0. The highest BCUT2D eigenvalue weighted by atomic mass is 35.5. The molecule has 4 rings (SSSR count). The lowest BCUT2D eigenvalue weighted by molar-refractivity contribution is 0.264. The van der Waals surface area contributed by atoms with Crippen molar-refractivity contribution >= 4 is 35.1 Å². The Morgan fingerprint density at radius 3 is 2.96 bits per heavy atom. The molecule has 2 unspecified atom stereocenters. The van der Waals surface area contributed by atoms with Crippen LogP contribution >= 0.6 is 35.1 Å². The zero-order valence-electron chi connectivity index (χ0n) is 12.9. The number of thioether (sulfide) groups is 2. The second-order valence-corrected chi connectivity index (χ2v) is 8.63. The van der Waals surface area contributed by atoms with Crippen LogP contribution in [0.2, 0.25) is 5.15 Å². The van der Waals surface area contributed by atoms with Crippen molar-refractivity contribution in [2.75, 3.05) is 20.1 Å². The third-order valence-corrected chi connectivity index (χ3v) is 6.97. The number of benzene rings is 1. The first-order valence-electron chi connectivity index (χ1n) is 7.80. The van der Waals surface area contributed by atoms with Gasteiger partial charge in [0.1, 0.15) is 10.2 Å². The largest absolute Gasteiger partial charge is 0.305 e. The summed E-state index contributed by atoms with van der Waals surface area (Å²) in [4.78, 5) is 11.7. The molecule has 0 spiro atoms. The predicted octanol–water partition coefficient (Wildman–Crippen LogP) is 4.32. The van der Waals surface area contributed by atoms with Crippen LogP contribution in [0.4, 0.5) is 0 Å². The van der Waals surface area contributed by atoms with Gasteiger partial charge in [0.25, 0.3) is 0 Å². The molecule has 1 aromatic heterocycles. The standard InChI is InChI=1S/C17H18ClN3S2/c1-21-8-7-12-13(9-21)23-16-14(12)15(18)19-17(20-16)22-10-11-5-3-2-4-6-11/h2-6,12-13H,7-10H2,1H3. The second-order valence-electron chi connectivity index (χ2n) is 6.10. The molecule has 23 heavy (non-hydrogen) atoms. The van der Waals surface area contributed by atoms with E-state index in [1.165, 1.54) is 11.1 Å². The Kier molecular flexibility index (Phi) is 4.54. The smallest absolute Gasteiger partial charge is 0.190 e. The van der Waals surface area contributed by atoms with E-state index in [0.717, 1.165) is 35.4 Å². The number of rotatable bonds is 3. The highest BCUT2D eigenvalue weighted by molar-refractivity contribution is 8.00. The van der Waals surface area contributed by atoms with Crippen molar-refractivity contribution < 1.29 is 0 Å². The van der Waals surface area contributed by atoms with Crippen LogP contribution in [0, 0.1) is 0 Å². The Morgan fingerprint density at radius 2 is 2.13 bits per heavy atom. The van der Waals surface area contributed by atoms with E-state index in [2.05, 4.69) is 41.2 Å². The number of halogens is 1. The van der Waals surface area contributed by atoms with Crippen LogP contribution < -0.4 is 0 Å². The molecule has 6 heteroatoms. The summed E-state index contributed by atoms with van der Waals surface area (Å²) in [7, 11) is 2.19. The Hall–Kier alpha value is -0.750. The van der Waals surface area contributed by atoms with E-state index in [4.69, 9.17) is 16.6 Å². The maximum absolute atomic E-state index is 6.52. The molecule has 2 atom stereocenters. The van der Waals surface area contributed by atoms with E-state index in [0.29, 0.717) is 16.3 Å². The first-order valence-corrected chi connectivity index (χ1v) is 10.0. The molecule has 2 aliphatic rings. The Balaban J connectivity index is 1.54. The molecule has 0 saturated carbocycles. The molecule has 0 aliphatic carbocycles. The fourth-order valence-electron chi connectivity index (χ4n) is 3.26. The van der Waals surface area contributed by atoms with E-state index in [1.807, 2.05) is 17.8 Å². The molecule has 0 amide bonds. The van der Waals surface area contributed by atoms with Crippen molar-refractivity contribution in [3.63, 3.8) is 0 Å². The SMILES string of the molecule is CN1CCC2c3c(Cl)nc(SCc4ccccc4)nc3SC2C1. The van der Waals surface area contributed by atoms with E-state index in [9.17, 15) is 0 Å². The summed E-state index contributed by atoms with van der Waals surface area (Å²) in [6.07, 6.45) is 1.15. The Morgan fingerprint density at radius 1 is 1.30 bits per heavy atom. The number of hydrogen-bond acceptors (Lipinski definition) is 5. The summed E-state index contributed by atoms with van der Waals surface area (Å²) in [6.45, 7) is 2.23. The molecule has 1 saturated heterocycles. The van der Waals surface area contributed by atoms with Crippen LogP contribution in [0.1, 0.15) is 23.5 Å². The molecule has 3 nitrogen and oxygen atoms in total. The molecule has 3 heterocycles. The van der Waals surface area contributed by atoms with Crippen molar-refractivity contribution in [1.29, 1.82) is 0 Å². The number of nitrogens with zero attached hydrogens (tertiary/aromatic N) is 3. The minimum absolute atomic E-state index is 0.520. The fraction of sp³-hybridized carbons (Fsp3) is 0.412. The summed E-state index contributed by atoms with van der Waals surface area (Å²) in [5.41, 5.74) is 2.47. The van der Waals surface area contributed by atoms with Gasteiger partial charge in [0, 0.05) is 29.0 Å². The third kappa shape index (κ3) is 3.25. The van der Waals surface area contributed by atoms with E-state index in [-0.39, 0.29) is 0 Å². The molecule has 0 bridgehead atoms. The quantitative estimate of drug-likeness (QED) is 0.460. The molecule has 2 aliphatic heterocycles. The highest BCUT2D eigenvalue weighted by Crippen LogP contribution is 2.50. The lowest BCUT2D eigenvalue weighted by atomic mass is 9.91. The van der Waals surface area contributed by atoms with Crippen molar-refractivity contribution in [2.45, 2.75) is 33.5 Å². The van der Waals surface area contributed by atoms with Crippen LogP contribution in [0.3, 0.4) is 0 Å². The van der Waals surface area contributed by atoms with Gasteiger partial charge in [-0.05, 0) is 25.6 Å². The lowest BCUT2D eigenvalue weighted by Crippen LogP contribution is -2.36. The van der Waals surface area contributed by atoms with Crippen molar-refractivity contribution in [2.24, 2.45) is 0 Å². The molecule has 0 radical (unpaired) electrons. The van der Waals surface area contributed by atoms with Gasteiger partial charge in [-0.25, -0.2) is 9.97 Å². The van der Waals surface area contributed by atoms with Crippen LogP contribution in [0.15, 0.2) is 40.5 Å². The van der Waals surface area contributed by atoms with Gasteiger partial charge in [0.05, 0.1) is 0 Å². The minimum atomic E-state index is 0.520. The fourth-order valence-corrected chi connectivity index (χ4v) is 6.10. The molecule has 120 valence electrons. The van der Waals surface area contributed by atoms with Crippen LogP contribution in [-0.4, -0.2) is 40.3 Å². The summed E-state index contributed by atoms with van der Waals surface area (Å²) >= 11 is 10.1. The summed E-state index contributed by atoms with van der Waals surface area (Å²) in [6, 6.07) is 10.4. The number of likely N-dealkylation sites (tertiary alicyclic amines) is 1. The molecule has 1 fully saturated rings. The number of aromatic nitrogens is 2. The summed E-state index contributed by atoms with van der Waals surface area (Å²) in [5, 5.41) is 3.13. The van der Waals surface area contributed by atoms with Crippen molar-refractivity contribution in [3.8, 4) is 0 Å². The highest BCUT2D eigenvalue weighted by Gasteiger charge is 2.40. The van der Waals surface area contributed by atoms with Gasteiger partial charge in [-0.2, -0.15) is 0 Å². The first kappa shape index (κ1) is 15.8. The Bertz CT molecular complexity index is 710.